The van der Waals surface area contributed by atoms with Gasteiger partial charge in [-0.2, -0.15) is 0 Å². The predicted molar refractivity (Wildman–Crippen MR) is 108 cm³/mol. The molecule has 0 atom stereocenters. The van der Waals surface area contributed by atoms with E-state index in [0.29, 0.717) is 5.57 Å². The Balaban J connectivity index is -0.000000514. The number of aldehydes is 1. The van der Waals surface area contributed by atoms with E-state index in [1.54, 1.807) is 12.2 Å². The van der Waals surface area contributed by atoms with Gasteiger partial charge in [-0.1, -0.05) is 80.4 Å². The van der Waals surface area contributed by atoms with Crippen molar-refractivity contribution in [2.75, 3.05) is 0 Å². The predicted octanol–water partition coefficient (Wildman–Crippen LogP) is 6.63. The average molecular weight is 320 g/mol. The zero-order chi connectivity index (χ0) is 17.5. The smallest absolute Gasteiger partial charge is 0.152 e. The Morgan fingerprint density at radius 3 is 2.04 bits per heavy atom. The number of carbonyl (C=O) groups excluding carboxylic acids is 1. The molecule has 0 fully saturated rings. The van der Waals surface area contributed by atoms with E-state index in [4.69, 9.17) is 0 Å². The summed E-state index contributed by atoms with van der Waals surface area (Å²) in [6.45, 7) is 19.4. The highest BCUT2D eigenvalue weighted by atomic mass is 16.1. The Kier molecular flexibility index (Phi) is 18.8. The van der Waals surface area contributed by atoms with Gasteiger partial charge in [0.1, 0.15) is 0 Å². The average Bonchev–Trinajstić information content (AvgIpc) is 3.18. The van der Waals surface area contributed by atoms with Crippen LogP contribution in [0.25, 0.3) is 11.6 Å². The van der Waals surface area contributed by atoms with Crippen molar-refractivity contribution < 1.29 is 4.79 Å². The van der Waals surface area contributed by atoms with Crippen LogP contribution in [-0.4, -0.2) is 11.3 Å². The van der Waals surface area contributed by atoms with E-state index in [1.165, 1.54) is 17.7 Å². The molecule has 0 bridgehead atoms. The van der Waals surface area contributed by atoms with Gasteiger partial charge in [-0.3, -0.25) is 4.79 Å². The Bertz CT molecular complexity index is 478. The summed E-state index contributed by atoms with van der Waals surface area (Å²) >= 11 is 0. The molecule has 1 heterocycles. The Hall–Kier alpha value is -1.83. The standard InChI is InChI=1S/C14H15NO.3C2H6.CH4/c1-3-6-10(9-16)14-11(4-2)12-7-5-8-13(12)15-14;3*1-2;/h3-4,6,9,15H,1-2,5,7-8H2;3*1-2H3;1H4/b10-6-;;;;. The van der Waals surface area contributed by atoms with E-state index in [2.05, 4.69) is 18.1 Å². The normalized spacial score (nSPS) is 11.0. The molecule has 1 N–H and O–H groups in total. The Labute approximate surface area is 144 Å². The van der Waals surface area contributed by atoms with Crippen LogP contribution >= 0.6 is 0 Å². The summed E-state index contributed by atoms with van der Waals surface area (Å²) in [7, 11) is 0. The van der Waals surface area contributed by atoms with E-state index in [1.807, 2.05) is 47.6 Å². The number of aromatic amines is 1. The first-order chi connectivity index (χ1) is 10.8. The maximum atomic E-state index is 11.0. The minimum atomic E-state index is 0. The maximum absolute atomic E-state index is 11.0. The summed E-state index contributed by atoms with van der Waals surface area (Å²) < 4.78 is 0. The van der Waals surface area contributed by atoms with Crippen LogP contribution in [0.2, 0.25) is 0 Å². The maximum Gasteiger partial charge on any atom is 0.152 e. The van der Waals surface area contributed by atoms with Crippen molar-refractivity contribution in [1.82, 2.24) is 4.98 Å². The molecule has 1 aliphatic rings. The molecule has 2 rings (SSSR count). The Morgan fingerprint density at radius 1 is 1.04 bits per heavy atom. The van der Waals surface area contributed by atoms with Gasteiger partial charge in [0.25, 0.3) is 0 Å². The molecule has 0 unspecified atom stereocenters. The molecule has 1 aromatic heterocycles. The SMILES string of the molecule is C.C=C/C=C(/C=O)c1[nH]c2c(c1C=C)CCC2.CC.CC.CC. The second-order valence-corrected chi connectivity index (χ2v) is 3.90. The second-order valence-electron chi connectivity index (χ2n) is 3.90. The summed E-state index contributed by atoms with van der Waals surface area (Å²) in [6, 6.07) is 0. The molecule has 0 spiro atoms. The van der Waals surface area contributed by atoms with Crippen LogP contribution in [0.15, 0.2) is 25.3 Å². The number of nitrogens with one attached hydrogen (secondary N) is 1. The zero-order valence-corrected chi connectivity index (χ0v) is 15.3. The largest absolute Gasteiger partial charge is 0.358 e. The number of hydrogen-bond acceptors (Lipinski definition) is 1. The highest BCUT2D eigenvalue weighted by molar-refractivity contribution is 6.08. The van der Waals surface area contributed by atoms with Gasteiger partial charge in [-0.15, -0.1) is 0 Å². The van der Waals surface area contributed by atoms with E-state index >= 15 is 0 Å². The minimum Gasteiger partial charge on any atom is -0.358 e. The number of aryl methyl sites for hydroxylation is 1. The van der Waals surface area contributed by atoms with E-state index in [-0.39, 0.29) is 7.43 Å². The number of fused-ring (bicyclic) bond motifs is 1. The summed E-state index contributed by atoms with van der Waals surface area (Å²) in [5.74, 6) is 0. The lowest BCUT2D eigenvalue weighted by Gasteiger charge is -2.00. The van der Waals surface area contributed by atoms with Crippen LogP contribution in [-0.2, 0) is 17.6 Å². The van der Waals surface area contributed by atoms with Crippen molar-refractivity contribution in [3.63, 3.8) is 0 Å². The number of rotatable bonds is 4. The molecule has 0 radical (unpaired) electrons. The fourth-order valence-electron chi connectivity index (χ4n) is 2.31. The van der Waals surface area contributed by atoms with Crippen molar-refractivity contribution in [3.8, 4) is 0 Å². The monoisotopic (exact) mass is 319 g/mol. The summed E-state index contributed by atoms with van der Waals surface area (Å²) in [5, 5.41) is 0. The van der Waals surface area contributed by atoms with Gasteiger partial charge < -0.3 is 4.98 Å². The fraction of sp³-hybridized carbons (Fsp3) is 0.476. The van der Waals surface area contributed by atoms with Gasteiger partial charge in [0.15, 0.2) is 6.29 Å². The zero-order valence-electron chi connectivity index (χ0n) is 15.3. The topological polar surface area (TPSA) is 32.9 Å². The fourth-order valence-corrected chi connectivity index (χ4v) is 2.31. The molecule has 0 saturated carbocycles. The molecule has 2 nitrogen and oxygen atoms in total. The van der Waals surface area contributed by atoms with E-state index in [0.717, 1.165) is 30.4 Å². The van der Waals surface area contributed by atoms with Gasteiger partial charge in [-0.05, 0) is 24.8 Å². The van der Waals surface area contributed by atoms with Gasteiger partial charge in [0, 0.05) is 16.8 Å². The van der Waals surface area contributed by atoms with Crippen LogP contribution < -0.4 is 0 Å². The highest BCUT2D eigenvalue weighted by Crippen LogP contribution is 2.31. The number of aromatic nitrogens is 1. The molecule has 2 heteroatoms. The van der Waals surface area contributed by atoms with Crippen LogP contribution in [0.4, 0.5) is 0 Å². The minimum absolute atomic E-state index is 0. The third-order valence-corrected chi connectivity index (χ3v) is 3.01. The van der Waals surface area contributed by atoms with Crippen LogP contribution in [0, 0.1) is 0 Å². The first kappa shape index (κ1) is 26.1. The van der Waals surface area contributed by atoms with E-state index in [9.17, 15) is 4.79 Å². The molecule has 0 amide bonds. The lowest BCUT2D eigenvalue weighted by molar-refractivity contribution is -0.103. The molecule has 0 saturated heterocycles. The summed E-state index contributed by atoms with van der Waals surface area (Å²) in [6.07, 6.45) is 9.36. The third kappa shape index (κ3) is 6.85. The molecule has 1 aliphatic carbocycles. The first-order valence-electron chi connectivity index (χ1n) is 8.46. The molecule has 0 aliphatic heterocycles. The van der Waals surface area contributed by atoms with Crippen molar-refractivity contribution in [2.24, 2.45) is 0 Å². The third-order valence-electron chi connectivity index (χ3n) is 3.01. The number of allylic oxidation sites excluding steroid dienone is 3. The molecular formula is C21H37NO. The lowest BCUT2D eigenvalue weighted by Crippen LogP contribution is -1.91. The van der Waals surface area contributed by atoms with Crippen LogP contribution in [0.3, 0.4) is 0 Å². The van der Waals surface area contributed by atoms with Crippen molar-refractivity contribution >= 4 is 17.9 Å². The van der Waals surface area contributed by atoms with Crippen molar-refractivity contribution in [2.45, 2.75) is 68.2 Å². The van der Waals surface area contributed by atoms with Crippen molar-refractivity contribution in [1.29, 1.82) is 0 Å². The summed E-state index contributed by atoms with van der Waals surface area (Å²) in [4.78, 5) is 14.4. The number of hydrogen-bond donors (Lipinski definition) is 1. The van der Waals surface area contributed by atoms with Gasteiger partial charge in [0.2, 0.25) is 0 Å². The van der Waals surface area contributed by atoms with Gasteiger partial charge in [-0.25, -0.2) is 0 Å². The lowest BCUT2D eigenvalue weighted by atomic mass is 10.0. The Morgan fingerprint density at radius 2 is 1.61 bits per heavy atom. The van der Waals surface area contributed by atoms with Crippen molar-refractivity contribution in [3.05, 3.63) is 47.8 Å². The highest BCUT2D eigenvalue weighted by Gasteiger charge is 2.20. The van der Waals surface area contributed by atoms with Gasteiger partial charge >= 0.3 is 0 Å². The molecular weight excluding hydrogens is 282 g/mol. The molecule has 0 aromatic carbocycles. The van der Waals surface area contributed by atoms with E-state index < -0.39 is 0 Å². The molecule has 23 heavy (non-hydrogen) atoms. The number of H-pyrrole nitrogens is 1. The molecule has 1 aromatic rings. The van der Waals surface area contributed by atoms with Gasteiger partial charge in [0.05, 0.1) is 5.69 Å². The second kappa shape index (κ2) is 16.5. The number of carbonyl (C=O) groups is 1. The first-order valence-corrected chi connectivity index (χ1v) is 8.46. The molecule has 132 valence electrons. The van der Waals surface area contributed by atoms with Crippen LogP contribution in [0.1, 0.15) is 77.9 Å². The summed E-state index contributed by atoms with van der Waals surface area (Å²) in [5.41, 5.74) is 5.17. The van der Waals surface area contributed by atoms with Crippen LogP contribution in [0.5, 0.6) is 0 Å². The quantitative estimate of drug-likeness (QED) is 0.377.